The van der Waals surface area contributed by atoms with Gasteiger partial charge in [-0.3, -0.25) is 0 Å². The fraction of sp³-hybridized carbons (Fsp3) is 0.333. The Kier molecular flexibility index (Phi) is 5.23. The number of halogens is 2. The summed E-state index contributed by atoms with van der Waals surface area (Å²) < 4.78 is 42.9. The lowest BCUT2D eigenvalue weighted by Crippen LogP contribution is -1.99. The lowest BCUT2D eigenvalue weighted by Gasteiger charge is -2.11. The Morgan fingerprint density at radius 2 is 1.86 bits per heavy atom. The average molecular weight is 386 g/mol. The van der Waals surface area contributed by atoms with E-state index in [1.165, 1.54) is 26.0 Å². The van der Waals surface area contributed by atoms with Gasteiger partial charge in [0.1, 0.15) is 6.61 Å². The fourth-order valence-corrected chi connectivity index (χ4v) is 3.41. The highest BCUT2D eigenvalue weighted by Crippen LogP contribution is 2.35. The van der Waals surface area contributed by atoms with E-state index in [1.807, 2.05) is 6.07 Å². The number of benzene rings is 2. The van der Waals surface area contributed by atoms with Crippen LogP contribution in [0, 0.1) is 11.6 Å². The van der Waals surface area contributed by atoms with Crippen LogP contribution in [0.25, 0.3) is 11.4 Å². The summed E-state index contributed by atoms with van der Waals surface area (Å²) in [6, 6.07) is 8.98. The van der Waals surface area contributed by atoms with Crippen LogP contribution in [0.2, 0.25) is 0 Å². The second kappa shape index (κ2) is 7.96. The molecule has 0 spiro atoms. The molecule has 0 radical (unpaired) electrons. The van der Waals surface area contributed by atoms with Crippen LogP contribution in [0.15, 0.2) is 40.9 Å². The Balaban J connectivity index is 1.50. The van der Waals surface area contributed by atoms with Crippen molar-refractivity contribution in [2.75, 3.05) is 7.11 Å². The van der Waals surface area contributed by atoms with Crippen LogP contribution in [0.1, 0.15) is 43.1 Å². The van der Waals surface area contributed by atoms with Crippen molar-refractivity contribution in [1.29, 1.82) is 0 Å². The Hall–Kier alpha value is -2.96. The molecule has 4 rings (SSSR count). The van der Waals surface area contributed by atoms with E-state index in [-0.39, 0.29) is 6.61 Å². The van der Waals surface area contributed by atoms with E-state index in [2.05, 4.69) is 10.1 Å². The van der Waals surface area contributed by atoms with Gasteiger partial charge in [-0.25, -0.2) is 8.78 Å². The standard InChI is InChI=1S/C21H20F2N2O3/c1-26-19-11-15(20-24-21(28-25-20)14-4-2-3-5-14)7-9-18(19)27-12-13-6-8-16(22)17(23)10-13/h6-11,14H,2-5,12H2,1H3. The number of rotatable bonds is 6. The van der Waals surface area contributed by atoms with Gasteiger partial charge in [-0.2, -0.15) is 4.98 Å². The monoisotopic (exact) mass is 386 g/mol. The van der Waals surface area contributed by atoms with Crippen LogP contribution >= 0.6 is 0 Å². The van der Waals surface area contributed by atoms with Crippen LogP contribution in [0.3, 0.4) is 0 Å². The maximum atomic E-state index is 13.3. The molecule has 1 aromatic heterocycles. The topological polar surface area (TPSA) is 57.4 Å². The Morgan fingerprint density at radius 1 is 1.04 bits per heavy atom. The Labute approximate surface area is 161 Å². The van der Waals surface area contributed by atoms with Gasteiger partial charge in [0, 0.05) is 11.5 Å². The number of methoxy groups -OCH3 is 1. The van der Waals surface area contributed by atoms with E-state index in [9.17, 15) is 8.78 Å². The summed E-state index contributed by atoms with van der Waals surface area (Å²) in [6.07, 6.45) is 4.56. The molecule has 0 N–H and O–H groups in total. The third-order valence-electron chi connectivity index (χ3n) is 4.95. The summed E-state index contributed by atoms with van der Waals surface area (Å²) in [5, 5.41) is 4.09. The molecular weight excluding hydrogens is 366 g/mol. The van der Waals surface area contributed by atoms with Crippen LogP contribution < -0.4 is 9.47 Å². The predicted octanol–water partition coefficient (Wildman–Crippen LogP) is 5.26. The van der Waals surface area contributed by atoms with Gasteiger partial charge in [0.05, 0.1) is 7.11 Å². The molecule has 7 heteroatoms. The molecule has 146 valence electrons. The largest absolute Gasteiger partial charge is 0.493 e. The zero-order valence-electron chi connectivity index (χ0n) is 15.5. The molecule has 1 aliphatic rings. The first-order valence-electron chi connectivity index (χ1n) is 9.23. The zero-order chi connectivity index (χ0) is 19.5. The molecule has 1 saturated carbocycles. The van der Waals surface area contributed by atoms with Gasteiger partial charge in [-0.05, 0) is 48.7 Å². The molecule has 0 unspecified atom stereocenters. The van der Waals surface area contributed by atoms with Crippen molar-refractivity contribution in [3.8, 4) is 22.9 Å². The van der Waals surface area contributed by atoms with E-state index in [0.29, 0.717) is 34.7 Å². The van der Waals surface area contributed by atoms with Crippen LogP contribution in [0.5, 0.6) is 11.5 Å². The molecular formula is C21H20F2N2O3. The van der Waals surface area contributed by atoms with Gasteiger partial charge < -0.3 is 14.0 Å². The molecule has 0 amide bonds. The third-order valence-corrected chi connectivity index (χ3v) is 4.95. The number of ether oxygens (including phenoxy) is 2. The van der Waals surface area contributed by atoms with E-state index in [1.54, 1.807) is 12.1 Å². The normalized spacial score (nSPS) is 14.4. The summed E-state index contributed by atoms with van der Waals surface area (Å²) >= 11 is 0. The molecule has 0 saturated heterocycles. The summed E-state index contributed by atoms with van der Waals surface area (Å²) in [4.78, 5) is 4.53. The molecule has 5 nitrogen and oxygen atoms in total. The Morgan fingerprint density at radius 3 is 2.61 bits per heavy atom. The van der Waals surface area contributed by atoms with Crippen molar-refractivity contribution in [2.24, 2.45) is 0 Å². The van der Waals surface area contributed by atoms with Gasteiger partial charge in [-0.1, -0.05) is 24.1 Å². The minimum Gasteiger partial charge on any atom is -0.493 e. The predicted molar refractivity (Wildman–Crippen MR) is 98.2 cm³/mol. The van der Waals surface area contributed by atoms with E-state index < -0.39 is 11.6 Å². The van der Waals surface area contributed by atoms with E-state index in [4.69, 9.17) is 14.0 Å². The number of aromatic nitrogens is 2. The lowest BCUT2D eigenvalue weighted by atomic mass is 10.1. The number of hydrogen-bond donors (Lipinski definition) is 0. The lowest BCUT2D eigenvalue weighted by molar-refractivity contribution is 0.284. The zero-order valence-corrected chi connectivity index (χ0v) is 15.5. The molecule has 2 aromatic carbocycles. The molecule has 28 heavy (non-hydrogen) atoms. The van der Waals surface area contributed by atoms with Crippen molar-refractivity contribution >= 4 is 0 Å². The van der Waals surface area contributed by atoms with Gasteiger partial charge in [0.15, 0.2) is 23.1 Å². The van der Waals surface area contributed by atoms with Crippen molar-refractivity contribution in [2.45, 2.75) is 38.2 Å². The highest BCUT2D eigenvalue weighted by molar-refractivity contribution is 5.60. The van der Waals surface area contributed by atoms with Crippen LogP contribution in [0.4, 0.5) is 8.78 Å². The summed E-state index contributed by atoms with van der Waals surface area (Å²) in [5.41, 5.74) is 1.27. The highest BCUT2D eigenvalue weighted by Gasteiger charge is 2.23. The van der Waals surface area contributed by atoms with Crippen molar-refractivity contribution in [3.05, 3.63) is 59.5 Å². The molecule has 1 aliphatic carbocycles. The van der Waals surface area contributed by atoms with E-state index in [0.717, 1.165) is 30.5 Å². The second-order valence-corrected chi connectivity index (χ2v) is 6.84. The van der Waals surface area contributed by atoms with Crippen LogP contribution in [-0.4, -0.2) is 17.3 Å². The molecule has 1 heterocycles. The first kappa shape index (κ1) is 18.4. The van der Waals surface area contributed by atoms with Gasteiger partial charge >= 0.3 is 0 Å². The minimum absolute atomic E-state index is 0.0843. The highest BCUT2D eigenvalue weighted by atomic mass is 19.2. The van der Waals surface area contributed by atoms with Gasteiger partial charge in [0.2, 0.25) is 11.7 Å². The molecule has 0 atom stereocenters. The quantitative estimate of drug-likeness (QED) is 0.578. The summed E-state index contributed by atoms with van der Waals surface area (Å²) in [5.74, 6) is 0.725. The summed E-state index contributed by atoms with van der Waals surface area (Å²) in [6.45, 7) is 0.0843. The number of hydrogen-bond acceptors (Lipinski definition) is 5. The fourth-order valence-electron chi connectivity index (χ4n) is 3.41. The molecule has 0 bridgehead atoms. The SMILES string of the molecule is COc1cc(-c2noc(C3CCCC3)n2)ccc1OCc1ccc(F)c(F)c1. The van der Waals surface area contributed by atoms with Crippen LogP contribution in [-0.2, 0) is 6.61 Å². The first-order chi connectivity index (χ1) is 13.6. The van der Waals surface area contributed by atoms with Crippen molar-refractivity contribution in [1.82, 2.24) is 10.1 Å². The van der Waals surface area contributed by atoms with Gasteiger partial charge in [0.25, 0.3) is 0 Å². The second-order valence-electron chi connectivity index (χ2n) is 6.84. The number of nitrogens with zero attached hydrogens (tertiary/aromatic N) is 2. The third kappa shape index (κ3) is 3.83. The minimum atomic E-state index is -0.904. The van der Waals surface area contributed by atoms with Gasteiger partial charge in [-0.15, -0.1) is 0 Å². The van der Waals surface area contributed by atoms with Crippen molar-refractivity contribution < 1.29 is 22.8 Å². The van der Waals surface area contributed by atoms with E-state index >= 15 is 0 Å². The molecule has 1 fully saturated rings. The summed E-state index contributed by atoms with van der Waals surface area (Å²) in [7, 11) is 1.53. The molecule has 3 aromatic rings. The maximum absolute atomic E-state index is 13.3. The molecule has 0 aliphatic heterocycles. The van der Waals surface area contributed by atoms with Crippen molar-refractivity contribution in [3.63, 3.8) is 0 Å². The first-order valence-corrected chi connectivity index (χ1v) is 9.23. The average Bonchev–Trinajstić information content (AvgIpc) is 3.40. The maximum Gasteiger partial charge on any atom is 0.230 e. The smallest absolute Gasteiger partial charge is 0.230 e. The Bertz CT molecular complexity index is 968.